The highest BCUT2D eigenvalue weighted by Crippen LogP contribution is 2.34. The molecule has 0 saturated heterocycles. The number of benzene rings is 3. The van der Waals surface area contributed by atoms with Crippen LogP contribution in [-0.2, 0) is 6.42 Å². The summed E-state index contributed by atoms with van der Waals surface area (Å²) in [7, 11) is 0. The number of rotatable bonds is 6. The fraction of sp³-hybridized carbons (Fsp3) is 0.154. The molecule has 0 saturated carbocycles. The van der Waals surface area contributed by atoms with Crippen molar-refractivity contribution in [1.82, 2.24) is 9.88 Å². The first-order chi connectivity index (χ1) is 15.9. The molecule has 0 radical (unpaired) electrons. The van der Waals surface area contributed by atoms with Crippen molar-refractivity contribution in [2.24, 2.45) is 0 Å². The van der Waals surface area contributed by atoms with E-state index in [1.165, 1.54) is 23.1 Å². The Morgan fingerprint density at radius 1 is 0.788 bits per heavy atom. The Morgan fingerprint density at radius 3 is 2.12 bits per heavy atom. The van der Waals surface area contributed by atoms with Crippen LogP contribution in [0.3, 0.4) is 0 Å². The Hall–Kier alpha value is -3.87. The molecule has 7 heteroatoms. The van der Waals surface area contributed by atoms with Crippen molar-refractivity contribution in [3.05, 3.63) is 94.8 Å². The summed E-state index contributed by atoms with van der Waals surface area (Å²) < 4.78 is 41.8. The van der Waals surface area contributed by atoms with Gasteiger partial charge in [0, 0.05) is 23.7 Å². The van der Waals surface area contributed by atoms with Gasteiger partial charge in [-0.2, -0.15) is 0 Å². The van der Waals surface area contributed by atoms with Crippen molar-refractivity contribution in [3.63, 3.8) is 0 Å². The van der Waals surface area contributed by atoms with Crippen molar-refractivity contribution in [2.45, 2.75) is 19.3 Å². The maximum absolute atomic E-state index is 14.4. The number of carbonyl (C=O) groups excluding carboxylic acids is 2. The number of nitrogens with zero attached hydrogens (tertiary/aromatic N) is 1. The number of fused-ring (bicyclic) bond motifs is 2. The average molecular weight is 448 g/mol. The Balaban J connectivity index is 1.38. The van der Waals surface area contributed by atoms with E-state index in [-0.39, 0.29) is 23.9 Å². The van der Waals surface area contributed by atoms with Gasteiger partial charge in [0.25, 0.3) is 11.8 Å². The Morgan fingerprint density at radius 2 is 1.45 bits per heavy atom. The fourth-order valence-corrected chi connectivity index (χ4v) is 4.41. The Bertz CT molecular complexity index is 1360. The third kappa shape index (κ3) is 3.69. The minimum Gasteiger partial charge on any atom is -0.352 e. The summed E-state index contributed by atoms with van der Waals surface area (Å²) in [5.74, 6) is -2.39. The molecule has 1 aromatic heterocycles. The molecule has 1 aliphatic rings. The van der Waals surface area contributed by atoms with Gasteiger partial charge >= 0.3 is 0 Å². The van der Waals surface area contributed by atoms with E-state index in [0.29, 0.717) is 52.6 Å². The van der Waals surface area contributed by atoms with Crippen LogP contribution in [0.15, 0.2) is 60.7 Å². The summed E-state index contributed by atoms with van der Waals surface area (Å²) in [6.45, 7) is 0.253. The first-order valence-corrected chi connectivity index (χ1v) is 10.6. The van der Waals surface area contributed by atoms with Crippen LogP contribution >= 0.6 is 0 Å². The number of halogens is 3. The first kappa shape index (κ1) is 21.0. The third-order valence-electron chi connectivity index (χ3n) is 6.00. The lowest BCUT2D eigenvalue weighted by molar-refractivity contribution is 0.0652. The number of hydrogen-bond acceptors (Lipinski definition) is 2. The molecule has 2 heterocycles. The normalized spacial score (nSPS) is 13.2. The van der Waals surface area contributed by atoms with Gasteiger partial charge in [0.05, 0.1) is 16.6 Å². The first-order valence-electron chi connectivity index (χ1n) is 10.6. The maximum Gasteiger partial charge on any atom is 0.261 e. The van der Waals surface area contributed by atoms with Gasteiger partial charge in [0.2, 0.25) is 0 Å². The predicted molar refractivity (Wildman–Crippen MR) is 118 cm³/mol. The van der Waals surface area contributed by atoms with Gasteiger partial charge in [-0.05, 0) is 72.9 Å². The second kappa shape index (κ2) is 8.24. The monoisotopic (exact) mass is 448 g/mol. The van der Waals surface area contributed by atoms with Crippen molar-refractivity contribution in [2.75, 3.05) is 6.54 Å². The highest BCUT2D eigenvalue weighted by atomic mass is 19.1. The third-order valence-corrected chi connectivity index (χ3v) is 6.00. The molecule has 0 atom stereocenters. The fourth-order valence-electron chi connectivity index (χ4n) is 4.41. The van der Waals surface area contributed by atoms with Crippen LogP contribution in [0.5, 0.6) is 0 Å². The summed E-state index contributed by atoms with van der Waals surface area (Å²) in [5.41, 5.74) is 2.95. The van der Waals surface area contributed by atoms with Crippen LogP contribution in [0, 0.1) is 17.5 Å². The van der Waals surface area contributed by atoms with Crippen LogP contribution in [0.2, 0.25) is 0 Å². The molecule has 1 N–H and O–H groups in total. The maximum atomic E-state index is 14.4. The van der Waals surface area contributed by atoms with Crippen LogP contribution < -0.4 is 0 Å². The van der Waals surface area contributed by atoms with Crippen LogP contribution in [-0.4, -0.2) is 28.2 Å². The molecule has 166 valence electrons. The van der Waals surface area contributed by atoms with E-state index in [0.717, 1.165) is 6.07 Å². The highest BCUT2D eigenvalue weighted by Gasteiger charge is 2.34. The summed E-state index contributed by atoms with van der Waals surface area (Å²) >= 11 is 0. The topological polar surface area (TPSA) is 53.2 Å². The lowest BCUT2D eigenvalue weighted by Crippen LogP contribution is -2.30. The van der Waals surface area contributed by atoms with Gasteiger partial charge in [-0.15, -0.1) is 0 Å². The van der Waals surface area contributed by atoms with E-state index in [4.69, 9.17) is 0 Å². The number of aryl methyl sites for hydroxylation is 1. The number of imide groups is 1. The number of amides is 2. The second-order valence-electron chi connectivity index (χ2n) is 8.06. The van der Waals surface area contributed by atoms with Crippen LogP contribution in [0.1, 0.15) is 39.1 Å². The zero-order chi connectivity index (χ0) is 23.1. The Labute approximate surface area is 187 Å². The highest BCUT2D eigenvalue weighted by molar-refractivity contribution is 6.21. The number of hydrogen-bond donors (Lipinski definition) is 1. The SMILES string of the molecule is O=C1c2ccccc2C(=O)N1CCCCc1c(-c2ccc(F)cc2)[nH]c2c(F)cc(F)cc12. The lowest BCUT2D eigenvalue weighted by atomic mass is 10.00. The molecule has 1 aliphatic heterocycles. The smallest absolute Gasteiger partial charge is 0.261 e. The zero-order valence-electron chi connectivity index (χ0n) is 17.5. The number of aromatic amines is 1. The molecule has 0 bridgehead atoms. The van der Waals surface area contributed by atoms with Crippen molar-refractivity contribution in [3.8, 4) is 11.3 Å². The van der Waals surface area contributed by atoms with Gasteiger partial charge in [-0.25, -0.2) is 13.2 Å². The zero-order valence-corrected chi connectivity index (χ0v) is 17.5. The van der Waals surface area contributed by atoms with E-state index >= 15 is 0 Å². The van der Waals surface area contributed by atoms with Crippen molar-refractivity contribution < 1.29 is 22.8 Å². The number of H-pyrrole nitrogens is 1. The molecule has 33 heavy (non-hydrogen) atoms. The molecule has 0 unspecified atom stereocenters. The summed E-state index contributed by atoms with van der Waals surface area (Å²) in [4.78, 5) is 29.3. The number of nitrogens with one attached hydrogen (secondary N) is 1. The molecule has 4 nitrogen and oxygen atoms in total. The summed E-state index contributed by atoms with van der Waals surface area (Å²) in [6.07, 6.45) is 1.56. The number of aromatic nitrogens is 1. The van der Waals surface area contributed by atoms with Gasteiger partial charge in [0.1, 0.15) is 17.5 Å². The van der Waals surface area contributed by atoms with E-state index < -0.39 is 17.5 Å². The quantitative estimate of drug-likeness (QED) is 0.296. The summed E-state index contributed by atoms with van der Waals surface area (Å²) in [5, 5.41) is 0.424. The predicted octanol–water partition coefficient (Wildman–Crippen LogP) is 5.87. The Kier molecular flexibility index (Phi) is 5.24. The minimum atomic E-state index is -0.703. The number of carbonyl (C=O) groups is 2. The van der Waals surface area contributed by atoms with E-state index in [9.17, 15) is 22.8 Å². The van der Waals surface area contributed by atoms with Gasteiger partial charge < -0.3 is 4.98 Å². The summed E-state index contributed by atoms with van der Waals surface area (Å²) in [6, 6.07) is 14.6. The molecule has 3 aromatic carbocycles. The minimum absolute atomic E-state index is 0.186. The van der Waals surface area contributed by atoms with Crippen LogP contribution in [0.4, 0.5) is 13.2 Å². The van der Waals surface area contributed by atoms with Gasteiger partial charge in [-0.1, -0.05) is 12.1 Å². The number of unbranched alkanes of at least 4 members (excludes halogenated alkanes) is 1. The van der Waals surface area contributed by atoms with Crippen molar-refractivity contribution in [1.29, 1.82) is 0 Å². The molecule has 2 amide bonds. The van der Waals surface area contributed by atoms with E-state index in [2.05, 4.69) is 4.98 Å². The van der Waals surface area contributed by atoms with Gasteiger partial charge in [0.15, 0.2) is 0 Å². The second-order valence-corrected chi connectivity index (χ2v) is 8.06. The molecule has 0 aliphatic carbocycles. The molecular weight excluding hydrogens is 429 g/mol. The largest absolute Gasteiger partial charge is 0.352 e. The molecule has 0 spiro atoms. The molecule has 4 aromatic rings. The average Bonchev–Trinajstić information content (AvgIpc) is 3.28. The van der Waals surface area contributed by atoms with E-state index in [1.807, 2.05) is 0 Å². The standard InChI is InChI=1S/C26H19F3N2O2/c27-16-10-8-15(9-11-16)23-18(21-13-17(28)14-22(29)24(21)30-23)5-3-4-12-31-25(32)19-6-1-2-7-20(19)26(31)33/h1-2,6-11,13-14,30H,3-5,12H2. The van der Waals surface area contributed by atoms with Gasteiger partial charge in [-0.3, -0.25) is 14.5 Å². The molecule has 0 fully saturated rings. The lowest BCUT2D eigenvalue weighted by Gasteiger charge is -2.13. The molecular formula is C26H19F3N2O2. The van der Waals surface area contributed by atoms with Crippen molar-refractivity contribution >= 4 is 22.7 Å². The van der Waals surface area contributed by atoms with Crippen LogP contribution in [0.25, 0.3) is 22.2 Å². The van der Waals surface area contributed by atoms with E-state index in [1.54, 1.807) is 36.4 Å². The molecule has 5 rings (SSSR count).